The number of rotatable bonds is 4. The number of nitrogens with one attached hydrogen (secondary N) is 1. The fourth-order valence-electron chi connectivity index (χ4n) is 2.54. The zero-order valence-electron chi connectivity index (χ0n) is 12.7. The Hall–Kier alpha value is -2.95. The van der Waals surface area contributed by atoms with Crippen LogP contribution in [0.3, 0.4) is 0 Å². The number of fused-ring (bicyclic) bond motifs is 1. The SMILES string of the molecule is C=Cn1c[n+]([C@H](C)C(=O)Nc2ccccc2F)c2ccccc21. The molecule has 116 valence electrons. The molecule has 1 amide bonds. The van der Waals surface area contributed by atoms with Crippen molar-refractivity contribution in [3.63, 3.8) is 0 Å². The van der Waals surface area contributed by atoms with Gasteiger partial charge in [-0.1, -0.05) is 30.8 Å². The van der Waals surface area contributed by atoms with Crippen molar-refractivity contribution < 1.29 is 13.8 Å². The number of para-hydroxylation sites is 3. The number of benzene rings is 2. The number of carbonyl (C=O) groups excluding carboxylic acids is 1. The molecule has 3 aromatic rings. The van der Waals surface area contributed by atoms with Crippen molar-refractivity contribution in [2.75, 3.05) is 5.32 Å². The van der Waals surface area contributed by atoms with Gasteiger partial charge >= 0.3 is 0 Å². The van der Waals surface area contributed by atoms with E-state index in [1.807, 2.05) is 39.7 Å². The van der Waals surface area contributed by atoms with E-state index >= 15 is 0 Å². The van der Waals surface area contributed by atoms with Crippen LogP contribution in [-0.2, 0) is 4.79 Å². The van der Waals surface area contributed by atoms with E-state index in [0.29, 0.717) is 0 Å². The van der Waals surface area contributed by atoms with Crippen molar-refractivity contribution in [2.45, 2.75) is 13.0 Å². The molecule has 1 aromatic heterocycles. The summed E-state index contributed by atoms with van der Waals surface area (Å²) in [4.78, 5) is 12.5. The van der Waals surface area contributed by atoms with Gasteiger partial charge in [0.2, 0.25) is 6.33 Å². The van der Waals surface area contributed by atoms with Gasteiger partial charge in [-0.3, -0.25) is 4.79 Å². The number of nitrogens with zero attached hydrogens (tertiary/aromatic N) is 2. The number of carbonyl (C=O) groups is 1. The molecular weight excluding hydrogens is 293 g/mol. The smallest absolute Gasteiger partial charge is 0.269 e. The topological polar surface area (TPSA) is 37.9 Å². The average molecular weight is 310 g/mol. The highest BCUT2D eigenvalue weighted by molar-refractivity contribution is 5.92. The van der Waals surface area contributed by atoms with E-state index in [1.54, 1.807) is 25.3 Å². The molecule has 5 heteroatoms. The Labute approximate surface area is 133 Å². The van der Waals surface area contributed by atoms with Crippen LogP contribution >= 0.6 is 0 Å². The molecule has 2 aromatic carbocycles. The Morgan fingerprint density at radius 1 is 1.26 bits per heavy atom. The molecule has 0 aliphatic rings. The molecule has 0 saturated heterocycles. The second-order valence-electron chi connectivity index (χ2n) is 5.25. The zero-order chi connectivity index (χ0) is 16.4. The van der Waals surface area contributed by atoms with Gasteiger partial charge in [-0.05, 0) is 31.2 Å². The van der Waals surface area contributed by atoms with Crippen LogP contribution in [0.5, 0.6) is 0 Å². The number of amides is 1. The summed E-state index contributed by atoms with van der Waals surface area (Å²) < 4.78 is 17.4. The van der Waals surface area contributed by atoms with Gasteiger partial charge < -0.3 is 5.32 Å². The summed E-state index contributed by atoms with van der Waals surface area (Å²) in [5.74, 6) is -0.737. The van der Waals surface area contributed by atoms with Gasteiger partial charge in [0.15, 0.2) is 17.1 Å². The third-order valence-electron chi connectivity index (χ3n) is 3.81. The number of aromatic nitrogens is 2. The first-order valence-corrected chi connectivity index (χ1v) is 7.30. The lowest BCUT2D eigenvalue weighted by Gasteiger charge is -2.10. The lowest BCUT2D eigenvalue weighted by Crippen LogP contribution is -2.43. The summed E-state index contributed by atoms with van der Waals surface area (Å²) in [7, 11) is 0. The number of hydrogen-bond donors (Lipinski definition) is 1. The second kappa shape index (κ2) is 6.04. The Morgan fingerprint density at radius 2 is 1.96 bits per heavy atom. The molecule has 0 unspecified atom stereocenters. The van der Waals surface area contributed by atoms with E-state index in [1.165, 1.54) is 12.1 Å². The maximum Gasteiger partial charge on any atom is 0.269 e. The van der Waals surface area contributed by atoms with Gasteiger partial charge in [0, 0.05) is 0 Å². The molecule has 3 rings (SSSR count). The summed E-state index contributed by atoms with van der Waals surface area (Å²) in [5, 5.41) is 2.63. The first-order chi connectivity index (χ1) is 11.1. The van der Waals surface area contributed by atoms with Crippen LogP contribution in [0.1, 0.15) is 13.0 Å². The third-order valence-corrected chi connectivity index (χ3v) is 3.81. The Kier molecular flexibility index (Phi) is 3.93. The van der Waals surface area contributed by atoms with Gasteiger partial charge in [-0.2, -0.15) is 0 Å². The lowest BCUT2D eigenvalue weighted by molar-refractivity contribution is -0.680. The minimum atomic E-state index is -0.499. The number of imidazole rings is 1. The fraction of sp³-hybridized carbons (Fsp3) is 0.111. The van der Waals surface area contributed by atoms with E-state index in [0.717, 1.165) is 11.0 Å². The summed E-state index contributed by atoms with van der Waals surface area (Å²) in [5.41, 5.74) is 2.04. The quantitative estimate of drug-likeness (QED) is 0.737. The molecule has 0 radical (unpaired) electrons. The van der Waals surface area contributed by atoms with Gasteiger partial charge in [0.05, 0.1) is 11.9 Å². The van der Waals surface area contributed by atoms with Crippen LogP contribution in [0.25, 0.3) is 17.2 Å². The summed E-state index contributed by atoms with van der Waals surface area (Å²) in [6.45, 7) is 5.55. The van der Waals surface area contributed by atoms with Crippen LogP contribution in [0.4, 0.5) is 10.1 Å². The number of anilines is 1. The van der Waals surface area contributed by atoms with Gasteiger partial charge in [0.25, 0.3) is 5.91 Å². The number of hydrogen-bond acceptors (Lipinski definition) is 1. The van der Waals surface area contributed by atoms with Crippen LogP contribution in [0, 0.1) is 5.82 Å². The van der Waals surface area contributed by atoms with Gasteiger partial charge in [-0.15, -0.1) is 0 Å². The van der Waals surface area contributed by atoms with Gasteiger partial charge in [-0.25, -0.2) is 13.5 Å². The Morgan fingerprint density at radius 3 is 2.70 bits per heavy atom. The summed E-state index contributed by atoms with van der Waals surface area (Å²) in [6, 6.07) is 13.3. The minimum Gasteiger partial charge on any atom is -0.320 e. The number of halogens is 1. The Balaban J connectivity index is 1.94. The predicted molar refractivity (Wildman–Crippen MR) is 88.3 cm³/mol. The predicted octanol–water partition coefficient (Wildman–Crippen LogP) is 3.37. The van der Waals surface area contributed by atoms with E-state index < -0.39 is 11.9 Å². The highest BCUT2D eigenvalue weighted by Crippen LogP contribution is 2.16. The van der Waals surface area contributed by atoms with Crippen molar-refractivity contribution in [1.82, 2.24) is 4.57 Å². The molecule has 0 aliphatic carbocycles. The molecule has 0 fully saturated rings. The maximum atomic E-state index is 13.7. The monoisotopic (exact) mass is 310 g/mol. The molecule has 1 N–H and O–H groups in total. The lowest BCUT2D eigenvalue weighted by atomic mass is 10.2. The molecule has 0 saturated carbocycles. The first kappa shape index (κ1) is 15.0. The molecule has 4 nitrogen and oxygen atoms in total. The molecule has 1 heterocycles. The molecular formula is C18H17FN3O+. The van der Waals surface area contributed by atoms with Crippen molar-refractivity contribution >= 4 is 28.8 Å². The minimum absolute atomic E-state index is 0.178. The van der Waals surface area contributed by atoms with E-state index in [4.69, 9.17) is 0 Å². The molecule has 0 aliphatic heterocycles. The first-order valence-electron chi connectivity index (χ1n) is 7.30. The van der Waals surface area contributed by atoms with E-state index in [2.05, 4.69) is 11.9 Å². The maximum absolute atomic E-state index is 13.7. The van der Waals surface area contributed by atoms with Crippen molar-refractivity contribution in [1.29, 1.82) is 0 Å². The molecule has 23 heavy (non-hydrogen) atoms. The van der Waals surface area contributed by atoms with Crippen molar-refractivity contribution in [3.05, 3.63) is 67.3 Å². The van der Waals surface area contributed by atoms with E-state index in [-0.39, 0.29) is 11.6 Å². The Bertz CT molecular complexity index is 885. The summed E-state index contributed by atoms with van der Waals surface area (Å²) >= 11 is 0. The van der Waals surface area contributed by atoms with Crippen molar-refractivity contribution in [3.8, 4) is 0 Å². The van der Waals surface area contributed by atoms with Crippen LogP contribution in [-0.4, -0.2) is 10.5 Å². The standard InChI is InChI=1S/C18H16FN3O/c1-3-21-12-22(17-11-7-6-10-16(17)21)13(2)18(23)20-15-9-5-4-8-14(15)19/h3-13H,1H2,2H3/p+1/t13-/m1/s1. The zero-order valence-corrected chi connectivity index (χ0v) is 12.7. The largest absolute Gasteiger partial charge is 0.320 e. The second-order valence-corrected chi connectivity index (χ2v) is 5.25. The molecule has 1 atom stereocenters. The van der Waals surface area contributed by atoms with Gasteiger partial charge in [0.1, 0.15) is 5.82 Å². The highest BCUT2D eigenvalue weighted by atomic mass is 19.1. The third kappa shape index (κ3) is 2.73. The van der Waals surface area contributed by atoms with E-state index in [9.17, 15) is 9.18 Å². The molecule has 0 spiro atoms. The summed E-state index contributed by atoms with van der Waals surface area (Å²) in [6.07, 6.45) is 3.49. The van der Waals surface area contributed by atoms with Crippen molar-refractivity contribution in [2.24, 2.45) is 0 Å². The van der Waals surface area contributed by atoms with Crippen LogP contribution in [0.2, 0.25) is 0 Å². The normalized spacial score (nSPS) is 12.1. The van der Waals surface area contributed by atoms with Crippen LogP contribution in [0.15, 0.2) is 61.4 Å². The highest BCUT2D eigenvalue weighted by Gasteiger charge is 2.25. The molecule has 0 bridgehead atoms. The fourth-order valence-corrected chi connectivity index (χ4v) is 2.54. The van der Waals surface area contributed by atoms with Crippen LogP contribution < -0.4 is 9.88 Å². The average Bonchev–Trinajstić information content (AvgIpc) is 2.95.